The van der Waals surface area contributed by atoms with Crippen molar-refractivity contribution in [2.75, 3.05) is 6.61 Å². The Morgan fingerprint density at radius 2 is 2.20 bits per heavy atom. The van der Waals surface area contributed by atoms with Crippen LogP contribution in [0.25, 0.3) is 0 Å². The molecule has 0 saturated heterocycles. The smallest absolute Gasteiger partial charge is 0.394 e. The summed E-state index contributed by atoms with van der Waals surface area (Å²) in [6, 6.07) is 0. The Morgan fingerprint density at radius 1 is 1.47 bits per heavy atom. The lowest BCUT2D eigenvalue weighted by molar-refractivity contribution is -0.190. The maximum atomic E-state index is 12.5. The fraction of sp³-hybridized carbons (Fsp3) is 0.667. The molecule has 1 N–H and O–H groups in total. The third kappa shape index (κ3) is 2.08. The van der Waals surface area contributed by atoms with Crippen LogP contribution in [0, 0.1) is 5.41 Å². The van der Waals surface area contributed by atoms with E-state index in [4.69, 9.17) is 4.74 Å². The van der Waals surface area contributed by atoms with E-state index in [1.54, 1.807) is 0 Å². The summed E-state index contributed by atoms with van der Waals surface area (Å²) in [4.78, 5) is 0. The molecule has 0 aromatic carbocycles. The minimum absolute atomic E-state index is 0.0294. The van der Waals surface area contributed by atoms with Gasteiger partial charge >= 0.3 is 6.18 Å². The second-order valence-corrected chi connectivity index (χ2v) is 3.81. The molecule has 0 bridgehead atoms. The number of rotatable bonds is 4. The molecule has 6 heteroatoms. The van der Waals surface area contributed by atoms with Crippen LogP contribution in [0.15, 0.2) is 12.4 Å². The van der Waals surface area contributed by atoms with Gasteiger partial charge < -0.3 is 4.74 Å². The largest absolute Gasteiger partial charge is 0.490 e. The number of hydrogen-bond acceptors (Lipinski definition) is 2. The van der Waals surface area contributed by atoms with Gasteiger partial charge in [0.05, 0.1) is 24.4 Å². The van der Waals surface area contributed by atoms with E-state index in [0.717, 1.165) is 0 Å². The van der Waals surface area contributed by atoms with Crippen molar-refractivity contribution in [3.63, 3.8) is 0 Å². The van der Waals surface area contributed by atoms with E-state index in [9.17, 15) is 13.2 Å². The normalized spacial score (nSPS) is 18.9. The van der Waals surface area contributed by atoms with Gasteiger partial charge in [0.1, 0.15) is 0 Å². The summed E-state index contributed by atoms with van der Waals surface area (Å²) in [6.07, 6.45) is -0.661. The van der Waals surface area contributed by atoms with Crippen molar-refractivity contribution in [2.45, 2.75) is 25.4 Å². The maximum Gasteiger partial charge on any atom is 0.394 e. The van der Waals surface area contributed by atoms with Crippen LogP contribution in [0.5, 0.6) is 5.75 Å². The maximum absolute atomic E-state index is 12.5. The Hall–Kier alpha value is -1.20. The first-order valence-electron chi connectivity index (χ1n) is 4.72. The zero-order valence-corrected chi connectivity index (χ0v) is 7.97. The zero-order valence-electron chi connectivity index (χ0n) is 7.97. The Labute approximate surface area is 84.6 Å². The van der Waals surface area contributed by atoms with Gasteiger partial charge in [0, 0.05) is 0 Å². The number of aromatic amines is 1. The van der Waals surface area contributed by atoms with Crippen molar-refractivity contribution in [3.8, 4) is 5.75 Å². The Bertz CT molecular complexity index is 317. The quantitative estimate of drug-likeness (QED) is 0.846. The lowest BCUT2D eigenvalue weighted by atomic mass is 10.0. The first-order valence-corrected chi connectivity index (χ1v) is 4.72. The van der Waals surface area contributed by atoms with Crippen LogP contribution < -0.4 is 4.74 Å². The number of nitrogens with zero attached hydrogens (tertiary/aromatic N) is 1. The van der Waals surface area contributed by atoms with Gasteiger partial charge in [-0.1, -0.05) is 0 Å². The number of alkyl halides is 3. The number of aromatic nitrogens is 2. The highest BCUT2D eigenvalue weighted by atomic mass is 19.4. The number of halogens is 3. The summed E-state index contributed by atoms with van der Waals surface area (Å²) in [5, 5.41) is 6.16. The summed E-state index contributed by atoms with van der Waals surface area (Å²) in [5.74, 6) is 0.480. The molecule has 0 spiro atoms. The fourth-order valence-corrected chi connectivity index (χ4v) is 1.51. The monoisotopic (exact) mass is 220 g/mol. The molecule has 15 heavy (non-hydrogen) atoms. The summed E-state index contributed by atoms with van der Waals surface area (Å²) in [6.45, 7) is 0.0824. The van der Waals surface area contributed by atoms with Gasteiger partial charge in [0.25, 0.3) is 0 Å². The first-order chi connectivity index (χ1) is 7.04. The average Bonchev–Trinajstić information content (AvgIpc) is 2.75. The molecule has 1 aliphatic rings. The third-order valence-corrected chi connectivity index (χ3v) is 2.78. The molecule has 1 fully saturated rings. The fourth-order valence-electron chi connectivity index (χ4n) is 1.51. The van der Waals surface area contributed by atoms with Gasteiger partial charge in [-0.05, 0) is 19.3 Å². The standard InChI is InChI=1S/C9H11F3N2O/c10-9(11,12)8(1-2-8)3-4-15-7-5-13-14-6-7/h5-6H,1-4H2,(H,13,14). The van der Waals surface area contributed by atoms with E-state index >= 15 is 0 Å². The number of hydrogen-bond donors (Lipinski definition) is 1. The second kappa shape index (κ2) is 3.43. The van der Waals surface area contributed by atoms with Crippen molar-refractivity contribution >= 4 is 0 Å². The van der Waals surface area contributed by atoms with Gasteiger partial charge in [0.2, 0.25) is 0 Å². The number of H-pyrrole nitrogens is 1. The molecule has 0 atom stereocenters. The van der Waals surface area contributed by atoms with E-state index in [0.29, 0.717) is 5.75 Å². The molecule has 0 aliphatic heterocycles. The van der Waals surface area contributed by atoms with E-state index in [1.807, 2.05) is 0 Å². The van der Waals surface area contributed by atoms with E-state index in [2.05, 4.69) is 10.2 Å². The molecular formula is C9H11F3N2O. The molecule has 0 amide bonds. The van der Waals surface area contributed by atoms with Crippen LogP contribution >= 0.6 is 0 Å². The summed E-state index contributed by atoms with van der Waals surface area (Å²) in [5.41, 5.74) is -1.48. The van der Waals surface area contributed by atoms with Gasteiger partial charge in [-0.2, -0.15) is 18.3 Å². The number of ether oxygens (including phenoxy) is 1. The first kappa shape index (κ1) is 10.3. The Balaban J connectivity index is 1.79. The lowest BCUT2D eigenvalue weighted by Gasteiger charge is -2.18. The van der Waals surface area contributed by atoms with Crippen LogP contribution in [-0.4, -0.2) is 23.0 Å². The number of nitrogens with one attached hydrogen (secondary N) is 1. The van der Waals surface area contributed by atoms with Gasteiger partial charge in [0.15, 0.2) is 5.75 Å². The molecule has 1 heterocycles. The lowest BCUT2D eigenvalue weighted by Crippen LogP contribution is -2.26. The molecule has 0 unspecified atom stereocenters. The minimum atomic E-state index is -4.09. The van der Waals surface area contributed by atoms with Gasteiger partial charge in [-0.15, -0.1) is 0 Å². The van der Waals surface area contributed by atoms with Crippen LogP contribution in [0.3, 0.4) is 0 Å². The summed E-state index contributed by atoms with van der Waals surface area (Å²) < 4.78 is 42.6. The highest BCUT2D eigenvalue weighted by Gasteiger charge is 2.62. The SMILES string of the molecule is FC(F)(F)C1(CCOc2cn[nH]c2)CC1. The van der Waals surface area contributed by atoms with Crippen LogP contribution in [0.1, 0.15) is 19.3 Å². The molecule has 1 aliphatic carbocycles. The van der Waals surface area contributed by atoms with Gasteiger partial charge in [-0.25, -0.2) is 0 Å². The summed E-state index contributed by atoms with van der Waals surface area (Å²) >= 11 is 0. The van der Waals surface area contributed by atoms with E-state index < -0.39 is 11.6 Å². The molecule has 84 valence electrons. The molecule has 3 nitrogen and oxygen atoms in total. The van der Waals surface area contributed by atoms with Crippen molar-refractivity contribution in [1.82, 2.24) is 10.2 Å². The Morgan fingerprint density at radius 3 is 2.67 bits per heavy atom. The predicted octanol–water partition coefficient (Wildman–Crippen LogP) is 2.52. The molecule has 0 radical (unpaired) electrons. The van der Waals surface area contributed by atoms with E-state index in [1.165, 1.54) is 12.4 Å². The van der Waals surface area contributed by atoms with E-state index in [-0.39, 0.29) is 25.9 Å². The second-order valence-electron chi connectivity index (χ2n) is 3.81. The van der Waals surface area contributed by atoms with Crippen LogP contribution in [0.4, 0.5) is 13.2 Å². The zero-order chi connectivity index (χ0) is 10.9. The average molecular weight is 220 g/mol. The molecule has 1 aromatic heterocycles. The van der Waals surface area contributed by atoms with Crippen molar-refractivity contribution in [1.29, 1.82) is 0 Å². The summed E-state index contributed by atoms with van der Waals surface area (Å²) in [7, 11) is 0. The molecular weight excluding hydrogens is 209 g/mol. The van der Waals surface area contributed by atoms with Crippen molar-refractivity contribution in [3.05, 3.63) is 12.4 Å². The predicted molar refractivity (Wildman–Crippen MR) is 46.4 cm³/mol. The van der Waals surface area contributed by atoms with Crippen molar-refractivity contribution < 1.29 is 17.9 Å². The van der Waals surface area contributed by atoms with Crippen molar-refractivity contribution in [2.24, 2.45) is 5.41 Å². The highest BCUT2D eigenvalue weighted by Crippen LogP contribution is 2.59. The van der Waals surface area contributed by atoms with Gasteiger partial charge in [-0.3, -0.25) is 5.10 Å². The minimum Gasteiger partial charge on any atom is -0.490 e. The third-order valence-electron chi connectivity index (χ3n) is 2.78. The topological polar surface area (TPSA) is 37.9 Å². The molecule has 2 rings (SSSR count). The van der Waals surface area contributed by atoms with Crippen LogP contribution in [-0.2, 0) is 0 Å². The molecule has 1 saturated carbocycles. The van der Waals surface area contributed by atoms with Crippen LogP contribution in [0.2, 0.25) is 0 Å². The Kier molecular flexibility index (Phi) is 2.36. The molecule has 1 aromatic rings. The highest BCUT2D eigenvalue weighted by molar-refractivity contribution is 5.10.